The lowest BCUT2D eigenvalue weighted by Gasteiger charge is -2.29. The molecule has 0 saturated carbocycles. The first-order chi connectivity index (χ1) is 13.8. The minimum absolute atomic E-state index is 0. The smallest absolute Gasteiger partial charge is 0.211 e. The topological polar surface area (TPSA) is 77.0 Å². The molecule has 2 N–H and O–H groups in total. The first kappa shape index (κ1) is 27.0. The Morgan fingerprint density at radius 1 is 1.23 bits per heavy atom. The van der Waals surface area contributed by atoms with Crippen molar-refractivity contribution in [3.63, 3.8) is 0 Å². The van der Waals surface area contributed by atoms with Gasteiger partial charge in [0.1, 0.15) is 0 Å². The number of halogens is 1. The van der Waals surface area contributed by atoms with Crippen molar-refractivity contribution in [1.82, 2.24) is 14.9 Å². The maximum atomic E-state index is 11.6. The Bertz CT molecular complexity index is 764. The summed E-state index contributed by atoms with van der Waals surface area (Å²) in [5, 5.41) is 6.74. The van der Waals surface area contributed by atoms with Crippen LogP contribution >= 0.6 is 24.0 Å². The number of hydrogen-bond donors (Lipinski definition) is 2. The average Bonchev–Trinajstić information content (AvgIpc) is 2.69. The van der Waals surface area contributed by atoms with Crippen LogP contribution in [0.5, 0.6) is 0 Å². The maximum absolute atomic E-state index is 11.6. The van der Waals surface area contributed by atoms with Crippen molar-refractivity contribution in [2.75, 3.05) is 57.0 Å². The molecular weight excluding hydrogens is 513 g/mol. The van der Waals surface area contributed by atoms with Crippen molar-refractivity contribution in [3.05, 3.63) is 29.8 Å². The Kier molecular flexibility index (Phi) is 12.0. The molecule has 1 heterocycles. The number of guanidine groups is 1. The maximum Gasteiger partial charge on any atom is 0.211 e. The van der Waals surface area contributed by atoms with Gasteiger partial charge in [0.2, 0.25) is 10.0 Å². The predicted octanol–water partition coefficient (Wildman–Crippen LogP) is 2.67. The Morgan fingerprint density at radius 3 is 2.50 bits per heavy atom. The van der Waals surface area contributed by atoms with E-state index in [1.165, 1.54) is 17.5 Å². The van der Waals surface area contributed by atoms with Gasteiger partial charge in [-0.1, -0.05) is 12.1 Å². The predicted molar refractivity (Wildman–Crippen MR) is 138 cm³/mol. The molecule has 30 heavy (non-hydrogen) atoms. The second kappa shape index (κ2) is 13.4. The van der Waals surface area contributed by atoms with Crippen LogP contribution in [0.1, 0.15) is 32.3 Å². The molecule has 2 rings (SSSR count). The zero-order valence-corrected chi connectivity index (χ0v) is 21.9. The van der Waals surface area contributed by atoms with E-state index >= 15 is 0 Å². The summed E-state index contributed by atoms with van der Waals surface area (Å²) < 4.78 is 24.8. The number of aryl methyl sites for hydroxylation is 1. The van der Waals surface area contributed by atoms with Gasteiger partial charge in [-0.2, -0.15) is 0 Å². The molecule has 0 aliphatic carbocycles. The second-order valence-corrected chi connectivity index (χ2v) is 9.65. The molecule has 172 valence electrons. The lowest BCUT2D eigenvalue weighted by Crippen LogP contribution is -2.42. The van der Waals surface area contributed by atoms with Crippen LogP contribution < -0.4 is 15.5 Å². The van der Waals surface area contributed by atoms with E-state index in [9.17, 15) is 8.42 Å². The normalized spacial score (nSPS) is 16.1. The van der Waals surface area contributed by atoms with Crippen LogP contribution in [0, 0.1) is 12.8 Å². The molecule has 0 amide bonds. The molecule has 1 fully saturated rings. The van der Waals surface area contributed by atoms with Crippen LogP contribution in [0.2, 0.25) is 0 Å². The van der Waals surface area contributed by atoms with E-state index in [0.29, 0.717) is 19.0 Å². The highest BCUT2D eigenvalue weighted by atomic mass is 127. The van der Waals surface area contributed by atoms with Crippen LogP contribution in [-0.4, -0.2) is 70.8 Å². The van der Waals surface area contributed by atoms with E-state index in [-0.39, 0.29) is 24.0 Å². The van der Waals surface area contributed by atoms with Gasteiger partial charge in [0.15, 0.2) is 5.96 Å². The number of sulfonamides is 1. The fourth-order valence-electron chi connectivity index (χ4n) is 3.59. The number of piperidine rings is 1. The summed E-state index contributed by atoms with van der Waals surface area (Å²) in [4.78, 5) is 7.09. The number of likely N-dealkylation sites (N-methyl/N-ethyl adjacent to an activating group) is 1. The summed E-state index contributed by atoms with van der Waals surface area (Å²) in [6, 6.07) is 8.58. The van der Waals surface area contributed by atoms with Crippen molar-refractivity contribution < 1.29 is 8.42 Å². The monoisotopic (exact) mass is 551 g/mol. The van der Waals surface area contributed by atoms with Crippen LogP contribution in [0.4, 0.5) is 5.69 Å². The highest BCUT2D eigenvalue weighted by Crippen LogP contribution is 2.19. The Labute approximate surface area is 199 Å². The third kappa shape index (κ3) is 8.97. The minimum atomic E-state index is -3.07. The quantitative estimate of drug-likeness (QED) is 0.281. The summed E-state index contributed by atoms with van der Waals surface area (Å²) in [7, 11) is -3.07. The average molecular weight is 552 g/mol. The van der Waals surface area contributed by atoms with Gasteiger partial charge in [0.25, 0.3) is 0 Å². The number of anilines is 1. The van der Waals surface area contributed by atoms with Crippen molar-refractivity contribution in [1.29, 1.82) is 0 Å². The van der Waals surface area contributed by atoms with Gasteiger partial charge >= 0.3 is 0 Å². The van der Waals surface area contributed by atoms with Gasteiger partial charge in [-0.3, -0.25) is 4.99 Å². The SMILES string of the molecule is CCNC(=NCC1CCN(S(C)(=O)=O)CC1)NCCN(CC)c1cccc(C)c1.I. The van der Waals surface area contributed by atoms with Gasteiger partial charge in [0.05, 0.1) is 6.26 Å². The van der Waals surface area contributed by atoms with E-state index in [2.05, 4.69) is 60.6 Å². The van der Waals surface area contributed by atoms with Gasteiger partial charge in [-0.25, -0.2) is 12.7 Å². The van der Waals surface area contributed by atoms with Gasteiger partial charge in [-0.15, -0.1) is 24.0 Å². The second-order valence-electron chi connectivity index (χ2n) is 7.67. The van der Waals surface area contributed by atoms with Gasteiger partial charge in [0, 0.05) is 51.5 Å². The Morgan fingerprint density at radius 2 is 1.93 bits per heavy atom. The zero-order chi connectivity index (χ0) is 21.3. The highest BCUT2D eigenvalue weighted by Gasteiger charge is 2.24. The number of nitrogens with zero attached hydrogens (tertiary/aromatic N) is 3. The van der Waals surface area contributed by atoms with Crippen molar-refractivity contribution >= 4 is 45.6 Å². The number of aliphatic imine (C=N–C) groups is 1. The molecule has 0 radical (unpaired) electrons. The largest absolute Gasteiger partial charge is 0.370 e. The van der Waals surface area contributed by atoms with Crippen molar-refractivity contribution in [2.45, 2.75) is 33.6 Å². The minimum Gasteiger partial charge on any atom is -0.370 e. The zero-order valence-electron chi connectivity index (χ0n) is 18.7. The summed E-state index contributed by atoms with van der Waals surface area (Å²) in [5.74, 6) is 1.27. The molecule has 0 bridgehead atoms. The lowest BCUT2D eigenvalue weighted by atomic mass is 9.98. The molecule has 0 aromatic heterocycles. The molecule has 1 aliphatic rings. The van der Waals surface area contributed by atoms with E-state index in [0.717, 1.165) is 51.5 Å². The molecule has 1 aromatic rings. The molecule has 1 aliphatic heterocycles. The Balaban J connectivity index is 0.00000450. The highest BCUT2D eigenvalue weighted by molar-refractivity contribution is 14.0. The molecule has 0 atom stereocenters. The van der Waals surface area contributed by atoms with Crippen molar-refractivity contribution in [3.8, 4) is 0 Å². The van der Waals surface area contributed by atoms with Gasteiger partial charge < -0.3 is 15.5 Å². The molecular formula is C21H38IN5O2S. The number of rotatable bonds is 9. The first-order valence-corrected chi connectivity index (χ1v) is 12.5. The van der Waals surface area contributed by atoms with Crippen molar-refractivity contribution in [2.24, 2.45) is 10.9 Å². The molecule has 1 saturated heterocycles. The van der Waals surface area contributed by atoms with Crippen LogP contribution in [-0.2, 0) is 10.0 Å². The molecule has 0 spiro atoms. The third-order valence-electron chi connectivity index (χ3n) is 5.32. The fraction of sp³-hybridized carbons (Fsp3) is 0.667. The van der Waals surface area contributed by atoms with Crippen LogP contribution in [0.3, 0.4) is 0 Å². The number of hydrogen-bond acceptors (Lipinski definition) is 4. The first-order valence-electron chi connectivity index (χ1n) is 10.6. The summed E-state index contributed by atoms with van der Waals surface area (Å²) in [6.07, 6.45) is 3.02. The van der Waals surface area contributed by atoms with Crippen LogP contribution in [0.25, 0.3) is 0 Å². The van der Waals surface area contributed by atoms with E-state index in [4.69, 9.17) is 4.99 Å². The molecule has 0 unspecified atom stereocenters. The summed E-state index contributed by atoms with van der Waals surface area (Å²) >= 11 is 0. The number of nitrogens with one attached hydrogen (secondary N) is 2. The Hall–Kier alpha value is -1.07. The standard InChI is InChI=1S/C21H37N5O2S.HI/c1-5-22-21(24-17-19-10-13-26(14-11-19)29(4,27)28)23-12-15-25(6-2)20-9-7-8-18(3)16-20;/h7-9,16,19H,5-6,10-15,17H2,1-4H3,(H2,22,23,24);1H. The fourth-order valence-corrected chi connectivity index (χ4v) is 4.46. The lowest BCUT2D eigenvalue weighted by molar-refractivity contribution is 0.280. The molecule has 1 aromatic carbocycles. The van der Waals surface area contributed by atoms with Crippen LogP contribution in [0.15, 0.2) is 29.3 Å². The van der Waals surface area contributed by atoms with Gasteiger partial charge in [-0.05, 0) is 57.2 Å². The third-order valence-corrected chi connectivity index (χ3v) is 6.62. The molecule has 9 heteroatoms. The summed E-state index contributed by atoms with van der Waals surface area (Å²) in [5.41, 5.74) is 2.51. The van der Waals surface area contributed by atoms with E-state index < -0.39 is 10.0 Å². The molecule has 7 nitrogen and oxygen atoms in total. The summed E-state index contributed by atoms with van der Waals surface area (Å²) in [6.45, 7) is 11.8. The number of benzene rings is 1. The van der Waals surface area contributed by atoms with E-state index in [1.807, 2.05) is 0 Å². The van der Waals surface area contributed by atoms with E-state index in [1.54, 1.807) is 4.31 Å².